The third kappa shape index (κ3) is 3.85. The van der Waals surface area contributed by atoms with Gasteiger partial charge in [-0.1, -0.05) is 0 Å². The van der Waals surface area contributed by atoms with Gasteiger partial charge in [-0.15, -0.1) is 0 Å². The molecule has 1 saturated heterocycles. The van der Waals surface area contributed by atoms with Crippen LogP contribution in [0.3, 0.4) is 0 Å². The Kier molecular flexibility index (Phi) is 4.67. The first kappa shape index (κ1) is 14.2. The van der Waals surface area contributed by atoms with Crippen LogP contribution in [0.25, 0.3) is 0 Å². The summed E-state index contributed by atoms with van der Waals surface area (Å²) in [5.74, 6) is 0.463. The standard InChI is InChI=1S/C11H19N5O2S/c1-12-8-10-4-2-7-16(9-10)19(17,18)15-11-13-5-3-6-14-11/h3,5-6,10,12H,2,4,7-9H2,1H3,(H,13,14,15). The maximum atomic E-state index is 12.2. The van der Waals surface area contributed by atoms with Gasteiger partial charge in [-0.05, 0) is 38.4 Å². The van der Waals surface area contributed by atoms with E-state index >= 15 is 0 Å². The van der Waals surface area contributed by atoms with Crippen molar-refractivity contribution in [2.75, 3.05) is 31.4 Å². The molecule has 1 fully saturated rings. The molecule has 0 saturated carbocycles. The van der Waals surface area contributed by atoms with Gasteiger partial charge in [0, 0.05) is 25.5 Å². The molecule has 1 unspecified atom stereocenters. The van der Waals surface area contributed by atoms with E-state index in [1.807, 2.05) is 7.05 Å². The second-order valence-corrected chi connectivity index (χ2v) is 6.27. The molecule has 1 aromatic rings. The van der Waals surface area contributed by atoms with E-state index in [-0.39, 0.29) is 5.95 Å². The molecule has 106 valence electrons. The Morgan fingerprint density at radius 3 is 2.84 bits per heavy atom. The van der Waals surface area contributed by atoms with Gasteiger partial charge in [-0.2, -0.15) is 12.7 Å². The Balaban J connectivity index is 2.03. The third-order valence-corrected chi connectivity index (χ3v) is 4.55. The molecule has 0 aliphatic carbocycles. The van der Waals surface area contributed by atoms with Crippen molar-refractivity contribution in [3.8, 4) is 0 Å². The molecule has 1 atom stereocenters. The number of nitrogens with zero attached hydrogens (tertiary/aromatic N) is 3. The average molecular weight is 285 g/mol. The number of nitrogens with one attached hydrogen (secondary N) is 2. The fourth-order valence-corrected chi connectivity index (χ4v) is 3.47. The highest BCUT2D eigenvalue weighted by molar-refractivity contribution is 7.90. The Hall–Kier alpha value is -1.25. The minimum Gasteiger partial charge on any atom is -0.319 e. The Morgan fingerprint density at radius 2 is 2.16 bits per heavy atom. The predicted molar refractivity (Wildman–Crippen MR) is 72.8 cm³/mol. The van der Waals surface area contributed by atoms with Crippen LogP contribution < -0.4 is 10.0 Å². The quantitative estimate of drug-likeness (QED) is 0.799. The predicted octanol–water partition coefficient (Wildman–Crippen LogP) is 0.0647. The highest BCUT2D eigenvalue weighted by Crippen LogP contribution is 2.19. The molecule has 8 heteroatoms. The molecule has 19 heavy (non-hydrogen) atoms. The summed E-state index contributed by atoms with van der Waals surface area (Å²) in [4.78, 5) is 7.75. The smallest absolute Gasteiger partial charge is 0.303 e. The summed E-state index contributed by atoms with van der Waals surface area (Å²) in [6.07, 6.45) is 4.94. The SMILES string of the molecule is CNCC1CCCN(S(=O)(=O)Nc2ncccn2)C1. The largest absolute Gasteiger partial charge is 0.319 e. The van der Waals surface area contributed by atoms with Gasteiger partial charge < -0.3 is 5.32 Å². The van der Waals surface area contributed by atoms with Crippen molar-refractivity contribution in [3.05, 3.63) is 18.5 Å². The van der Waals surface area contributed by atoms with Gasteiger partial charge in [0.05, 0.1) is 0 Å². The minimum atomic E-state index is -3.56. The summed E-state index contributed by atoms with van der Waals surface area (Å²) in [7, 11) is -1.68. The molecule has 0 aromatic carbocycles. The van der Waals surface area contributed by atoms with Crippen molar-refractivity contribution in [2.24, 2.45) is 5.92 Å². The molecule has 0 spiro atoms. The first-order valence-corrected chi connectivity index (χ1v) is 7.75. The summed E-state index contributed by atoms with van der Waals surface area (Å²) >= 11 is 0. The van der Waals surface area contributed by atoms with Crippen molar-refractivity contribution >= 4 is 16.2 Å². The van der Waals surface area contributed by atoms with Crippen LogP contribution >= 0.6 is 0 Å². The highest BCUT2D eigenvalue weighted by Gasteiger charge is 2.28. The minimum absolute atomic E-state index is 0.109. The van der Waals surface area contributed by atoms with E-state index in [4.69, 9.17) is 0 Å². The van der Waals surface area contributed by atoms with Gasteiger partial charge in [0.25, 0.3) is 0 Å². The number of rotatable bonds is 5. The monoisotopic (exact) mass is 285 g/mol. The van der Waals surface area contributed by atoms with Crippen LogP contribution in [0.1, 0.15) is 12.8 Å². The van der Waals surface area contributed by atoms with Gasteiger partial charge in [0.2, 0.25) is 5.95 Å². The van der Waals surface area contributed by atoms with Crippen LogP contribution in [-0.4, -0.2) is 49.4 Å². The van der Waals surface area contributed by atoms with E-state index in [9.17, 15) is 8.42 Å². The fourth-order valence-electron chi connectivity index (χ4n) is 2.23. The molecule has 1 aromatic heterocycles. The van der Waals surface area contributed by atoms with Gasteiger partial charge >= 0.3 is 10.2 Å². The lowest BCUT2D eigenvalue weighted by molar-refractivity contribution is 0.264. The van der Waals surface area contributed by atoms with E-state index < -0.39 is 10.2 Å². The van der Waals surface area contributed by atoms with Crippen LogP contribution in [0, 0.1) is 5.92 Å². The number of hydrogen-bond acceptors (Lipinski definition) is 5. The Labute approximate surface area is 113 Å². The Morgan fingerprint density at radius 1 is 1.42 bits per heavy atom. The van der Waals surface area contributed by atoms with E-state index in [1.54, 1.807) is 6.07 Å². The zero-order valence-corrected chi connectivity index (χ0v) is 11.7. The molecular weight excluding hydrogens is 266 g/mol. The van der Waals surface area contributed by atoms with Gasteiger partial charge in [-0.3, -0.25) is 0 Å². The van der Waals surface area contributed by atoms with Crippen LogP contribution in [0.4, 0.5) is 5.95 Å². The van der Waals surface area contributed by atoms with E-state index in [0.29, 0.717) is 19.0 Å². The lowest BCUT2D eigenvalue weighted by Crippen LogP contribution is -2.45. The topological polar surface area (TPSA) is 87.2 Å². The van der Waals surface area contributed by atoms with Crippen molar-refractivity contribution in [2.45, 2.75) is 12.8 Å². The van der Waals surface area contributed by atoms with Crippen molar-refractivity contribution in [1.82, 2.24) is 19.6 Å². The number of aromatic nitrogens is 2. The molecule has 0 bridgehead atoms. The second kappa shape index (κ2) is 6.27. The maximum Gasteiger partial charge on any atom is 0.303 e. The van der Waals surface area contributed by atoms with Gasteiger partial charge in [0.15, 0.2) is 0 Å². The van der Waals surface area contributed by atoms with Crippen LogP contribution in [-0.2, 0) is 10.2 Å². The zero-order chi connectivity index (χ0) is 13.7. The van der Waals surface area contributed by atoms with Crippen LogP contribution in [0.2, 0.25) is 0 Å². The Bertz CT molecular complexity index is 491. The molecule has 0 radical (unpaired) electrons. The molecule has 1 aliphatic rings. The average Bonchev–Trinajstić information content (AvgIpc) is 2.40. The van der Waals surface area contributed by atoms with Crippen LogP contribution in [0.15, 0.2) is 18.5 Å². The lowest BCUT2D eigenvalue weighted by Gasteiger charge is -2.31. The third-order valence-electron chi connectivity index (χ3n) is 3.10. The summed E-state index contributed by atoms with van der Waals surface area (Å²) in [6.45, 7) is 1.90. The van der Waals surface area contributed by atoms with Gasteiger partial charge in [0.1, 0.15) is 0 Å². The normalized spacial score (nSPS) is 21.2. The molecule has 1 aliphatic heterocycles. The highest BCUT2D eigenvalue weighted by atomic mass is 32.2. The molecule has 2 heterocycles. The lowest BCUT2D eigenvalue weighted by atomic mass is 10.00. The van der Waals surface area contributed by atoms with Gasteiger partial charge in [-0.25, -0.2) is 14.7 Å². The summed E-state index contributed by atoms with van der Waals surface area (Å²) < 4.78 is 28.3. The molecule has 0 amide bonds. The van der Waals surface area contributed by atoms with Crippen molar-refractivity contribution < 1.29 is 8.42 Å². The zero-order valence-electron chi connectivity index (χ0n) is 10.9. The molecule has 2 N–H and O–H groups in total. The number of piperidine rings is 1. The van der Waals surface area contributed by atoms with E-state index in [2.05, 4.69) is 20.0 Å². The van der Waals surface area contributed by atoms with Crippen molar-refractivity contribution in [3.63, 3.8) is 0 Å². The maximum absolute atomic E-state index is 12.2. The first-order valence-electron chi connectivity index (χ1n) is 6.31. The second-order valence-electron chi connectivity index (χ2n) is 4.60. The van der Waals surface area contributed by atoms with E-state index in [0.717, 1.165) is 19.4 Å². The van der Waals surface area contributed by atoms with Crippen LogP contribution in [0.5, 0.6) is 0 Å². The molecule has 7 nitrogen and oxygen atoms in total. The van der Waals surface area contributed by atoms with E-state index in [1.165, 1.54) is 16.7 Å². The summed E-state index contributed by atoms with van der Waals surface area (Å²) in [5, 5.41) is 3.09. The molecule has 2 rings (SSSR count). The summed E-state index contributed by atoms with van der Waals surface area (Å²) in [5.41, 5.74) is 0. The van der Waals surface area contributed by atoms with Crippen molar-refractivity contribution in [1.29, 1.82) is 0 Å². The number of anilines is 1. The molecular formula is C11H19N5O2S. The number of hydrogen-bond donors (Lipinski definition) is 2. The first-order chi connectivity index (χ1) is 9.12. The summed E-state index contributed by atoms with van der Waals surface area (Å²) in [6, 6.07) is 1.64. The fraction of sp³-hybridized carbons (Fsp3) is 0.636.